The van der Waals surface area contributed by atoms with Gasteiger partial charge in [0, 0.05) is 10.7 Å². The Morgan fingerprint density at radius 1 is 1.00 bits per heavy atom. The van der Waals surface area contributed by atoms with Crippen LogP contribution in [0.4, 0.5) is 0 Å². The Morgan fingerprint density at radius 3 is 2.20 bits per heavy atom. The van der Waals surface area contributed by atoms with Crippen LogP contribution in [0, 0.1) is 34.0 Å². The molecule has 0 bridgehead atoms. The molecule has 0 spiro atoms. The Hall–Kier alpha value is -3.00. The van der Waals surface area contributed by atoms with E-state index in [-0.39, 0.29) is 16.8 Å². The molecule has 2 rings (SSSR count). The SMILES string of the molecule is N#CC1=CC=C(c2ccc(Cl)cc2)NC1=C(C#N)C#N. The molecule has 0 fully saturated rings. The molecule has 5 heteroatoms. The molecule has 0 saturated heterocycles. The summed E-state index contributed by atoms with van der Waals surface area (Å²) in [7, 11) is 0. The summed E-state index contributed by atoms with van der Waals surface area (Å²) in [5, 5.41) is 30.5. The molecule has 1 heterocycles. The molecule has 0 amide bonds. The van der Waals surface area contributed by atoms with Crippen molar-refractivity contribution in [2.24, 2.45) is 0 Å². The van der Waals surface area contributed by atoms with E-state index in [0.29, 0.717) is 10.7 Å². The monoisotopic (exact) mass is 278 g/mol. The van der Waals surface area contributed by atoms with E-state index in [2.05, 4.69) is 5.32 Å². The summed E-state index contributed by atoms with van der Waals surface area (Å²) in [6, 6.07) is 12.6. The third kappa shape index (κ3) is 2.54. The average Bonchev–Trinajstić information content (AvgIpc) is 2.49. The first-order valence-electron chi connectivity index (χ1n) is 5.59. The van der Waals surface area contributed by atoms with E-state index in [4.69, 9.17) is 27.4 Å². The first kappa shape index (κ1) is 13.4. The summed E-state index contributed by atoms with van der Waals surface area (Å²) >= 11 is 5.83. The lowest BCUT2D eigenvalue weighted by molar-refractivity contribution is 1.08. The molecule has 1 aromatic carbocycles. The number of nitrogens with zero attached hydrogens (tertiary/aromatic N) is 3. The molecule has 20 heavy (non-hydrogen) atoms. The van der Waals surface area contributed by atoms with Crippen LogP contribution in [0.3, 0.4) is 0 Å². The number of allylic oxidation sites excluding steroid dienone is 4. The predicted octanol–water partition coefficient (Wildman–Crippen LogP) is 3.04. The minimum Gasteiger partial charge on any atom is -0.352 e. The van der Waals surface area contributed by atoms with Gasteiger partial charge in [-0.3, -0.25) is 0 Å². The van der Waals surface area contributed by atoms with E-state index in [1.54, 1.807) is 36.4 Å². The number of hydrogen-bond donors (Lipinski definition) is 1. The van der Waals surface area contributed by atoms with Crippen molar-refractivity contribution in [3.8, 4) is 18.2 Å². The number of hydrogen-bond acceptors (Lipinski definition) is 4. The third-order valence-electron chi connectivity index (χ3n) is 2.69. The normalized spacial score (nSPS) is 13.0. The summed E-state index contributed by atoms with van der Waals surface area (Å²) < 4.78 is 0. The van der Waals surface area contributed by atoms with Gasteiger partial charge >= 0.3 is 0 Å². The highest BCUT2D eigenvalue weighted by atomic mass is 35.5. The van der Waals surface area contributed by atoms with Crippen LogP contribution in [0.25, 0.3) is 5.70 Å². The second-order valence-corrected chi connectivity index (χ2v) is 4.31. The number of benzene rings is 1. The molecule has 1 N–H and O–H groups in total. The highest BCUT2D eigenvalue weighted by Gasteiger charge is 2.17. The Balaban J connectivity index is 2.49. The maximum Gasteiger partial charge on any atom is 0.154 e. The van der Waals surface area contributed by atoms with Crippen LogP contribution in [0.1, 0.15) is 5.56 Å². The highest BCUT2D eigenvalue weighted by molar-refractivity contribution is 6.30. The van der Waals surface area contributed by atoms with Gasteiger partial charge in [0.25, 0.3) is 0 Å². The number of nitriles is 3. The lowest BCUT2D eigenvalue weighted by Gasteiger charge is -2.17. The molecule has 4 nitrogen and oxygen atoms in total. The van der Waals surface area contributed by atoms with Gasteiger partial charge in [-0.2, -0.15) is 15.8 Å². The maximum absolute atomic E-state index is 9.04. The van der Waals surface area contributed by atoms with E-state index < -0.39 is 0 Å². The topological polar surface area (TPSA) is 83.4 Å². The summed E-state index contributed by atoms with van der Waals surface area (Å²) in [4.78, 5) is 0. The van der Waals surface area contributed by atoms with Crippen molar-refractivity contribution in [2.45, 2.75) is 0 Å². The maximum atomic E-state index is 9.04. The molecule has 94 valence electrons. The third-order valence-corrected chi connectivity index (χ3v) is 2.95. The lowest BCUT2D eigenvalue weighted by Crippen LogP contribution is -2.18. The fourth-order valence-electron chi connectivity index (χ4n) is 1.72. The van der Waals surface area contributed by atoms with Crippen LogP contribution in [0.2, 0.25) is 5.02 Å². The van der Waals surface area contributed by atoms with Crippen LogP contribution in [0.15, 0.2) is 53.3 Å². The van der Waals surface area contributed by atoms with E-state index in [1.807, 2.05) is 18.2 Å². The second kappa shape index (κ2) is 5.76. The minimum absolute atomic E-state index is 0.127. The molecule has 0 radical (unpaired) electrons. The van der Waals surface area contributed by atoms with Crippen LogP contribution >= 0.6 is 11.6 Å². The van der Waals surface area contributed by atoms with Crippen molar-refractivity contribution in [2.75, 3.05) is 0 Å². The van der Waals surface area contributed by atoms with Crippen molar-refractivity contribution in [3.05, 3.63) is 63.8 Å². The molecule has 1 aliphatic heterocycles. The first-order valence-corrected chi connectivity index (χ1v) is 5.97. The average molecular weight is 279 g/mol. The molecule has 1 aromatic rings. The Labute approximate surface area is 121 Å². The van der Waals surface area contributed by atoms with Crippen LogP contribution < -0.4 is 5.32 Å². The van der Waals surface area contributed by atoms with E-state index in [9.17, 15) is 0 Å². The van der Waals surface area contributed by atoms with Gasteiger partial charge in [0.15, 0.2) is 5.57 Å². The van der Waals surface area contributed by atoms with Crippen LogP contribution in [0.5, 0.6) is 0 Å². The fourth-order valence-corrected chi connectivity index (χ4v) is 1.84. The summed E-state index contributed by atoms with van der Waals surface area (Å²) in [5.41, 5.74) is 1.89. The van der Waals surface area contributed by atoms with Gasteiger partial charge in [-0.25, -0.2) is 0 Å². The second-order valence-electron chi connectivity index (χ2n) is 3.88. The van der Waals surface area contributed by atoms with Gasteiger partial charge in [-0.1, -0.05) is 23.7 Å². The van der Waals surface area contributed by atoms with Gasteiger partial charge < -0.3 is 5.32 Å². The zero-order chi connectivity index (χ0) is 14.5. The highest BCUT2D eigenvalue weighted by Crippen LogP contribution is 2.24. The Kier molecular flexibility index (Phi) is 3.87. The number of halogens is 1. The van der Waals surface area contributed by atoms with Crippen molar-refractivity contribution < 1.29 is 0 Å². The van der Waals surface area contributed by atoms with Crippen LogP contribution in [-0.4, -0.2) is 0 Å². The summed E-state index contributed by atoms with van der Waals surface area (Å²) in [6.07, 6.45) is 3.29. The first-order chi connectivity index (χ1) is 9.69. The Morgan fingerprint density at radius 2 is 1.65 bits per heavy atom. The largest absolute Gasteiger partial charge is 0.352 e. The lowest BCUT2D eigenvalue weighted by atomic mass is 10.0. The molecule has 0 unspecified atom stereocenters. The molecule has 0 saturated carbocycles. The number of dihydropyridines is 1. The zero-order valence-electron chi connectivity index (χ0n) is 10.2. The molecular formula is C15H7ClN4. The quantitative estimate of drug-likeness (QED) is 0.800. The molecule has 0 atom stereocenters. The van der Waals surface area contributed by atoms with Crippen molar-refractivity contribution >= 4 is 17.3 Å². The number of rotatable bonds is 1. The summed E-state index contributed by atoms with van der Waals surface area (Å²) in [6.45, 7) is 0. The van der Waals surface area contributed by atoms with Gasteiger partial charge in [0.1, 0.15) is 18.2 Å². The Bertz CT molecular complexity index is 746. The van der Waals surface area contributed by atoms with Crippen LogP contribution in [-0.2, 0) is 0 Å². The molecule has 0 aromatic heterocycles. The zero-order valence-corrected chi connectivity index (χ0v) is 10.9. The molecule has 0 aliphatic carbocycles. The smallest absolute Gasteiger partial charge is 0.154 e. The molecule has 1 aliphatic rings. The fraction of sp³-hybridized carbons (Fsp3) is 0. The van der Waals surface area contributed by atoms with Crippen molar-refractivity contribution in [3.63, 3.8) is 0 Å². The van der Waals surface area contributed by atoms with Crippen molar-refractivity contribution in [1.29, 1.82) is 15.8 Å². The summed E-state index contributed by atoms with van der Waals surface area (Å²) in [5.74, 6) is 0. The van der Waals surface area contributed by atoms with E-state index in [0.717, 1.165) is 5.56 Å². The standard InChI is InChI=1S/C15H7ClN4/c16-13-4-1-10(2-5-13)14-6-3-11(7-17)15(20-14)12(8-18)9-19/h1-6,20H. The predicted molar refractivity (Wildman–Crippen MR) is 74.5 cm³/mol. The molecular weight excluding hydrogens is 272 g/mol. The van der Waals surface area contributed by atoms with Crippen molar-refractivity contribution in [1.82, 2.24) is 5.32 Å². The van der Waals surface area contributed by atoms with E-state index >= 15 is 0 Å². The van der Waals surface area contributed by atoms with E-state index in [1.165, 1.54) is 0 Å². The van der Waals surface area contributed by atoms with Gasteiger partial charge in [-0.05, 0) is 29.8 Å². The number of nitrogens with one attached hydrogen (secondary N) is 1. The minimum atomic E-state index is -0.127. The van der Waals surface area contributed by atoms with Gasteiger partial charge in [-0.15, -0.1) is 0 Å². The van der Waals surface area contributed by atoms with Gasteiger partial charge in [0.2, 0.25) is 0 Å². The van der Waals surface area contributed by atoms with Gasteiger partial charge in [0.05, 0.1) is 11.3 Å².